The molecule has 2 rings (SSSR count). The molecule has 3 heteroatoms. The lowest BCUT2D eigenvalue weighted by Gasteiger charge is -2.20. The smallest absolute Gasteiger partial charge is 0.0931 e. The number of hydrogen-bond acceptors (Lipinski definition) is 2. The van der Waals surface area contributed by atoms with Gasteiger partial charge in [0.2, 0.25) is 0 Å². The minimum atomic E-state index is 0.253. The summed E-state index contributed by atoms with van der Waals surface area (Å²) in [4.78, 5) is 1.28. The Morgan fingerprint density at radius 3 is 2.56 bits per heavy atom. The number of thiophene rings is 1. The fourth-order valence-electron chi connectivity index (χ4n) is 2.19. The summed E-state index contributed by atoms with van der Waals surface area (Å²) in [6.45, 7) is 5.28. The first-order chi connectivity index (χ1) is 8.76. The van der Waals surface area contributed by atoms with Gasteiger partial charge >= 0.3 is 0 Å². The highest BCUT2D eigenvalue weighted by molar-refractivity contribution is 7.16. The first kappa shape index (κ1) is 13.6. The highest BCUT2D eigenvalue weighted by Gasteiger charge is 2.17. The summed E-state index contributed by atoms with van der Waals surface area (Å²) in [6.07, 6.45) is 1.05. The van der Waals surface area contributed by atoms with Crippen LogP contribution in [0, 0.1) is 0 Å². The third-order valence-corrected chi connectivity index (χ3v) is 4.33. The second-order valence-corrected chi connectivity index (χ2v) is 5.93. The summed E-state index contributed by atoms with van der Waals surface area (Å²) in [5.74, 6) is 0. The molecule has 1 aromatic carbocycles. The van der Waals surface area contributed by atoms with Crippen LogP contribution < -0.4 is 5.32 Å². The molecule has 0 saturated carbocycles. The van der Waals surface area contributed by atoms with E-state index in [0.29, 0.717) is 0 Å². The standard InChI is InChI=1S/C15H18ClNS/c1-3-11-7-5-6-8-12(11)15(17-4-2)13-9-10-14(16)18-13/h5-10,15,17H,3-4H2,1-2H3. The molecule has 2 aromatic rings. The van der Waals surface area contributed by atoms with Gasteiger partial charge in [-0.1, -0.05) is 49.7 Å². The van der Waals surface area contributed by atoms with Crippen LogP contribution >= 0.6 is 22.9 Å². The van der Waals surface area contributed by atoms with Gasteiger partial charge in [-0.3, -0.25) is 0 Å². The Balaban J connectivity index is 2.41. The fourth-order valence-corrected chi connectivity index (χ4v) is 3.34. The van der Waals surface area contributed by atoms with Crippen molar-refractivity contribution in [3.8, 4) is 0 Å². The minimum Gasteiger partial charge on any atom is -0.306 e. The van der Waals surface area contributed by atoms with E-state index in [1.165, 1.54) is 16.0 Å². The molecule has 0 aliphatic heterocycles. The van der Waals surface area contributed by atoms with Crippen molar-refractivity contribution in [2.24, 2.45) is 0 Å². The van der Waals surface area contributed by atoms with E-state index < -0.39 is 0 Å². The van der Waals surface area contributed by atoms with Crippen LogP contribution in [0.25, 0.3) is 0 Å². The van der Waals surface area contributed by atoms with Crippen molar-refractivity contribution < 1.29 is 0 Å². The molecule has 0 fully saturated rings. The van der Waals surface area contributed by atoms with Gasteiger partial charge in [-0.05, 0) is 36.2 Å². The van der Waals surface area contributed by atoms with E-state index >= 15 is 0 Å². The van der Waals surface area contributed by atoms with Crippen molar-refractivity contribution in [1.82, 2.24) is 5.32 Å². The lowest BCUT2D eigenvalue weighted by molar-refractivity contribution is 0.634. The summed E-state index contributed by atoms with van der Waals surface area (Å²) in [5, 5.41) is 3.56. The Kier molecular flexibility index (Phi) is 4.81. The Bertz CT molecular complexity index is 507. The van der Waals surface area contributed by atoms with E-state index in [9.17, 15) is 0 Å². The van der Waals surface area contributed by atoms with Crippen LogP contribution in [0.5, 0.6) is 0 Å². The molecule has 0 bridgehead atoms. The summed E-state index contributed by atoms with van der Waals surface area (Å²) in [6, 6.07) is 13.0. The van der Waals surface area contributed by atoms with E-state index in [4.69, 9.17) is 11.6 Å². The van der Waals surface area contributed by atoms with Crippen LogP contribution in [0.4, 0.5) is 0 Å². The molecule has 18 heavy (non-hydrogen) atoms. The van der Waals surface area contributed by atoms with Gasteiger partial charge < -0.3 is 5.32 Å². The maximum Gasteiger partial charge on any atom is 0.0931 e. The Labute approximate surface area is 118 Å². The SMILES string of the molecule is CCNC(c1ccc(Cl)s1)c1ccccc1CC. The maximum atomic E-state index is 6.06. The predicted octanol–water partition coefficient (Wildman–Crippen LogP) is 4.66. The molecular formula is C15H18ClNS. The van der Waals surface area contributed by atoms with Gasteiger partial charge in [0.1, 0.15) is 0 Å². The minimum absolute atomic E-state index is 0.253. The normalized spacial score (nSPS) is 12.6. The molecule has 1 aromatic heterocycles. The molecule has 0 amide bonds. The first-order valence-electron chi connectivity index (χ1n) is 6.32. The lowest BCUT2D eigenvalue weighted by atomic mass is 9.97. The summed E-state index contributed by atoms with van der Waals surface area (Å²) >= 11 is 7.71. The Morgan fingerprint density at radius 1 is 1.17 bits per heavy atom. The molecule has 1 nitrogen and oxygen atoms in total. The van der Waals surface area contributed by atoms with Crippen molar-refractivity contribution in [2.75, 3.05) is 6.54 Å². The van der Waals surface area contributed by atoms with Gasteiger partial charge in [0, 0.05) is 4.88 Å². The van der Waals surface area contributed by atoms with Crippen molar-refractivity contribution in [1.29, 1.82) is 0 Å². The Hall–Kier alpha value is -0.830. The van der Waals surface area contributed by atoms with Crippen molar-refractivity contribution in [2.45, 2.75) is 26.3 Å². The number of rotatable bonds is 5. The third-order valence-electron chi connectivity index (χ3n) is 3.03. The highest BCUT2D eigenvalue weighted by atomic mass is 35.5. The van der Waals surface area contributed by atoms with Crippen LogP contribution in [-0.4, -0.2) is 6.54 Å². The molecule has 0 spiro atoms. The van der Waals surface area contributed by atoms with Gasteiger partial charge in [0.25, 0.3) is 0 Å². The quantitative estimate of drug-likeness (QED) is 0.839. The van der Waals surface area contributed by atoms with Crippen LogP contribution in [0.1, 0.15) is 35.9 Å². The molecular weight excluding hydrogens is 262 g/mol. The van der Waals surface area contributed by atoms with E-state index in [1.54, 1.807) is 11.3 Å². The molecule has 0 aliphatic carbocycles. The monoisotopic (exact) mass is 279 g/mol. The molecule has 1 atom stereocenters. The second kappa shape index (κ2) is 6.37. The zero-order valence-corrected chi connectivity index (χ0v) is 12.3. The average Bonchev–Trinajstić information content (AvgIpc) is 2.82. The van der Waals surface area contributed by atoms with E-state index in [1.807, 2.05) is 6.07 Å². The maximum absolute atomic E-state index is 6.06. The van der Waals surface area contributed by atoms with Crippen LogP contribution in [0.2, 0.25) is 4.34 Å². The van der Waals surface area contributed by atoms with Crippen molar-refractivity contribution in [3.05, 3.63) is 56.7 Å². The third kappa shape index (κ3) is 2.94. The topological polar surface area (TPSA) is 12.0 Å². The summed E-state index contributed by atoms with van der Waals surface area (Å²) < 4.78 is 0.849. The van der Waals surface area contributed by atoms with E-state index in [-0.39, 0.29) is 6.04 Å². The molecule has 1 unspecified atom stereocenters. The van der Waals surface area contributed by atoms with Gasteiger partial charge in [-0.15, -0.1) is 11.3 Å². The zero-order chi connectivity index (χ0) is 13.0. The first-order valence-corrected chi connectivity index (χ1v) is 7.52. The fraction of sp³-hybridized carbons (Fsp3) is 0.333. The number of benzene rings is 1. The number of hydrogen-bond donors (Lipinski definition) is 1. The zero-order valence-electron chi connectivity index (χ0n) is 10.7. The highest BCUT2D eigenvalue weighted by Crippen LogP contribution is 2.32. The lowest BCUT2D eigenvalue weighted by Crippen LogP contribution is -2.22. The van der Waals surface area contributed by atoms with E-state index in [0.717, 1.165) is 17.3 Å². The summed E-state index contributed by atoms with van der Waals surface area (Å²) in [5.41, 5.74) is 2.76. The van der Waals surface area contributed by atoms with Gasteiger partial charge in [0.05, 0.1) is 10.4 Å². The summed E-state index contributed by atoms with van der Waals surface area (Å²) in [7, 11) is 0. The van der Waals surface area contributed by atoms with Crippen molar-refractivity contribution in [3.63, 3.8) is 0 Å². The molecule has 0 radical (unpaired) electrons. The van der Waals surface area contributed by atoms with Gasteiger partial charge in [0.15, 0.2) is 0 Å². The molecule has 1 N–H and O–H groups in total. The number of aryl methyl sites for hydroxylation is 1. The van der Waals surface area contributed by atoms with Crippen LogP contribution in [0.3, 0.4) is 0 Å². The average molecular weight is 280 g/mol. The molecule has 96 valence electrons. The molecule has 1 heterocycles. The van der Waals surface area contributed by atoms with Crippen LogP contribution in [-0.2, 0) is 6.42 Å². The van der Waals surface area contributed by atoms with Crippen LogP contribution in [0.15, 0.2) is 36.4 Å². The molecule has 0 aliphatic rings. The Morgan fingerprint density at radius 2 is 1.94 bits per heavy atom. The predicted molar refractivity (Wildman–Crippen MR) is 80.7 cm³/mol. The largest absolute Gasteiger partial charge is 0.306 e. The van der Waals surface area contributed by atoms with Crippen molar-refractivity contribution >= 4 is 22.9 Å². The van der Waals surface area contributed by atoms with E-state index in [2.05, 4.69) is 49.5 Å². The number of halogens is 1. The van der Waals surface area contributed by atoms with Gasteiger partial charge in [-0.25, -0.2) is 0 Å². The van der Waals surface area contributed by atoms with Gasteiger partial charge in [-0.2, -0.15) is 0 Å². The second-order valence-electron chi connectivity index (χ2n) is 4.18. The molecule has 0 saturated heterocycles. The number of nitrogens with one attached hydrogen (secondary N) is 1.